The van der Waals surface area contributed by atoms with E-state index in [1.54, 1.807) is 0 Å². The van der Waals surface area contributed by atoms with E-state index in [1.165, 1.54) is 19.3 Å². The van der Waals surface area contributed by atoms with Crippen LogP contribution >= 0.6 is 0 Å². The van der Waals surface area contributed by atoms with Crippen LogP contribution in [-0.2, 0) is 0 Å². The van der Waals surface area contributed by atoms with E-state index >= 15 is 0 Å². The van der Waals surface area contributed by atoms with Crippen molar-refractivity contribution in [1.29, 1.82) is 0 Å². The van der Waals surface area contributed by atoms with Crippen molar-refractivity contribution >= 4 is 6.03 Å². The van der Waals surface area contributed by atoms with Crippen molar-refractivity contribution in [2.45, 2.75) is 24.8 Å². The fraction of sp³-hybridized carbons (Fsp3) is 0.917. The summed E-state index contributed by atoms with van der Waals surface area (Å²) < 4.78 is 0. The van der Waals surface area contributed by atoms with Crippen molar-refractivity contribution in [2.75, 3.05) is 46.8 Å². The molecule has 0 unspecified atom stereocenters. The molecular weight excluding hydrogens is 216 g/mol. The predicted octanol–water partition coefficient (Wildman–Crippen LogP) is 0.0855. The molecule has 1 heterocycles. The monoisotopic (exact) mass is 240 g/mol. The van der Waals surface area contributed by atoms with Gasteiger partial charge in [-0.05, 0) is 33.4 Å². The van der Waals surface area contributed by atoms with E-state index in [4.69, 9.17) is 0 Å². The summed E-state index contributed by atoms with van der Waals surface area (Å²) in [5.41, 5.74) is 0.368. The summed E-state index contributed by atoms with van der Waals surface area (Å²) in [5, 5.41) is 6.31. The minimum atomic E-state index is 0.0813. The average molecular weight is 240 g/mol. The van der Waals surface area contributed by atoms with Crippen LogP contribution in [0.1, 0.15) is 19.3 Å². The lowest BCUT2D eigenvalue weighted by molar-refractivity contribution is 0.0599. The predicted molar refractivity (Wildman–Crippen MR) is 68.1 cm³/mol. The van der Waals surface area contributed by atoms with Gasteiger partial charge in [-0.15, -0.1) is 0 Å². The SMILES string of the molecule is CN(C)C1(CNCCN2CCNC2=O)CCC1. The van der Waals surface area contributed by atoms with Gasteiger partial charge < -0.3 is 20.4 Å². The molecule has 0 spiro atoms. The molecule has 2 N–H and O–H groups in total. The van der Waals surface area contributed by atoms with Crippen molar-refractivity contribution in [3.05, 3.63) is 0 Å². The minimum Gasteiger partial charge on any atom is -0.336 e. The zero-order chi connectivity index (χ0) is 12.3. The van der Waals surface area contributed by atoms with E-state index in [2.05, 4.69) is 29.6 Å². The fourth-order valence-corrected chi connectivity index (χ4v) is 2.63. The minimum absolute atomic E-state index is 0.0813. The molecule has 0 bridgehead atoms. The highest BCUT2D eigenvalue weighted by atomic mass is 16.2. The molecule has 1 saturated heterocycles. The van der Waals surface area contributed by atoms with Gasteiger partial charge in [-0.3, -0.25) is 0 Å². The molecule has 0 aromatic heterocycles. The highest BCUT2D eigenvalue weighted by Gasteiger charge is 2.38. The van der Waals surface area contributed by atoms with Gasteiger partial charge in [0, 0.05) is 38.3 Å². The molecule has 1 aliphatic heterocycles. The van der Waals surface area contributed by atoms with Crippen LogP contribution < -0.4 is 10.6 Å². The number of carbonyl (C=O) groups excluding carboxylic acids is 1. The standard InChI is InChI=1S/C12H24N4O/c1-15(2)12(4-3-5-12)10-13-6-8-16-9-7-14-11(16)17/h13H,3-10H2,1-2H3,(H,14,17). The fourth-order valence-electron chi connectivity index (χ4n) is 2.63. The van der Waals surface area contributed by atoms with Gasteiger partial charge in [-0.2, -0.15) is 0 Å². The van der Waals surface area contributed by atoms with Crippen LogP contribution in [0.25, 0.3) is 0 Å². The molecule has 5 heteroatoms. The van der Waals surface area contributed by atoms with Crippen LogP contribution in [0.4, 0.5) is 4.79 Å². The molecule has 2 amide bonds. The van der Waals surface area contributed by atoms with Gasteiger partial charge in [-0.25, -0.2) is 4.79 Å². The summed E-state index contributed by atoms with van der Waals surface area (Å²) in [6.07, 6.45) is 3.92. The first-order valence-electron chi connectivity index (χ1n) is 6.55. The lowest BCUT2D eigenvalue weighted by Crippen LogP contribution is -2.57. The second kappa shape index (κ2) is 5.23. The van der Waals surface area contributed by atoms with Gasteiger partial charge in [0.05, 0.1) is 0 Å². The maximum Gasteiger partial charge on any atom is 0.317 e. The molecule has 0 atom stereocenters. The second-order valence-corrected chi connectivity index (χ2v) is 5.37. The van der Waals surface area contributed by atoms with Gasteiger partial charge in [-0.1, -0.05) is 0 Å². The number of rotatable bonds is 6. The molecule has 2 rings (SSSR count). The summed E-state index contributed by atoms with van der Waals surface area (Å²) in [6.45, 7) is 4.38. The highest BCUT2D eigenvalue weighted by molar-refractivity contribution is 5.76. The number of hydrogen-bond donors (Lipinski definition) is 2. The largest absolute Gasteiger partial charge is 0.336 e. The Balaban J connectivity index is 1.64. The van der Waals surface area contributed by atoms with Crippen molar-refractivity contribution in [3.63, 3.8) is 0 Å². The third-order valence-corrected chi connectivity index (χ3v) is 4.19. The Morgan fingerprint density at radius 2 is 2.24 bits per heavy atom. The van der Waals surface area contributed by atoms with E-state index in [-0.39, 0.29) is 6.03 Å². The van der Waals surface area contributed by atoms with Crippen LogP contribution in [0.2, 0.25) is 0 Å². The molecule has 1 saturated carbocycles. The number of amides is 2. The van der Waals surface area contributed by atoms with Crippen molar-refractivity contribution in [3.8, 4) is 0 Å². The summed E-state index contributed by atoms with van der Waals surface area (Å²) in [5.74, 6) is 0. The van der Waals surface area contributed by atoms with E-state index in [1.807, 2.05) is 4.90 Å². The molecular formula is C12H24N4O. The first-order chi connectivity index (χ1) is 8.14. The molecule has 0 aromatic rings. The molecule has 17 heavy (non-hydrogen) atoms. The normalized spacial score (nSPS) is 22.8. The molecule has 2 fully saturated rings. The number of carbonyl (C=O) groups is 1. The second-order valence-electron chi connectivity index (χ2n) is 5.37. The van der Waals surface area contributed by atoms with Crippen LogP contribution in [0.3, 0.4) is 0 Å². The van der Waals surface area contributed by atoms with Crippen molar-refractivity contribution < 1.29 is 4.79 Å². The number of hydrogen-bond acceptors (Lipinski definition) is 3. The molecule has 0 aromatic carbocycles. The number of nitrogens with one attached hydrogen (secondary N) is 2. The van der Waals surface area contributed by atoms with Gasteiger partial charge >= 0.3 is 6.03 Å². The number of nitrogens with zero attached hydrogens (tertiary/aromatic N) is 2. The van der Waals surface area contributed by atoms with Crippen LogP contribution in [0.15, 0.2) is 0 Å². The van der Waals surface area contributed by atoms with E-state index in [0.717, 1.165) is 32.7 Å². The molecule has 1 aliphatic carbocycles. The summed E-state index contributed by atoms with van der Waals surface area (Å²) >= 11 is 0. The van der Waals surface area contributed by atoms with Crippen LogP contribution in [-0.4, -0.2) is 68.2 Å². The Labute approximate surface area is 104 Å². The maximum absolute atomic E-state index is 11.3. The molecule has 0 radical (unpaired) electrons. The van der Waals surface area contributed by atoms with E-state index in [0.29, 0.717) is 5.54 Å². The molecule has 2 aliphatic rings. The summed E-state index contributed by atoms with van der Waals surface area (Å²) in [6, 6.07) is 0.0813. The van der Waals surface area contributed by atoms with Gasteiger partial charge in [0.15, 0.2) is 0 Å². The Bertz CT molecular complexity index is 276. The van der Waals surface area contributed by atoms with E-state index < -0.39 is 0 Å². The quantitative estimate of drug-likeness (QED) is 0.647. The Morgan fingerprint density at radius 1 is 1.47 bits per heavy atom. The third-order valence-electron chi connectivity index (χ3n) is 4.19. The van der Waals surface area contributed by atoms with Gasteiger partial charge in [0.25, 0.3) is 0 Å². The first-order valence-corrected chi connectivity index (χ1v) is 6.55. The Morgan fingerprint density at radius 3 is 2.71 bits per heavy atom. The smallest absolute Gasteiger partial charge is 0.317 e. The Hall–Kier alpha value is -0.810. The lowest BCUT2D eigenvalue weighted by atomic mass is 9.75. The van der Waals surface area contributed by atoms with Crippen LogP contribution in [0, 0.1) is 0 Å². The maximum atomic E-state index is 11.3. The topological polar surface area (TPSA) is 47.6 Å². The number of likely N-dealkylation sites (N-methyl/N-ethyl adjacent to an activating group) is 1. The Kier molecular flexibility index (Phi) is 3.89. The summed E-state index contributed by atoms with van der Waals surface area (Å²) in [4.78, 5) is 15.5. The zero-order valence-corrected chi connectivity index (χ0v) is 11.0. The van der Waals surface area contributed by atoms with Crippen LogP contribution in [0.5, 0.6) is 0 Å². The van der Waals surface area contributed by atoms with Gasteiger partial charge in [0.1, 0.15) is 0 Å². The summed E-state index contributed by atoms with van der Waals surface area (Å²) in [7, 11) is 4.32. The molecule has 5 nitrogen and oxygen atoms in total. The van der Waals surface area contributed by atoms with E-state index in [9.17, 15) is 4.79 Å². The van der Waals surface area contributed by atoms with Crippen molar-refractivity contribution in [1.82, 2.24) is 20.4 Å². The zero-order valence-electron chi connectivity index (χ0n) is 11.0. The third kappa shape index (κ3) is 2.72. The number of urea groups is 1. The highest BCUT2D eigenvalue weighted by Crippen LogP contribution is 2.35. The van der Waals surface area contributed by atoms with Crippen molar-refractivity contribution in [2.24, 2.45) is 0 Å². The lowest BCUT2D eigenvalue weighted by Gasteiger charge is -2.47. The average Bonchev–Trinajstić information content (AvgIpc) is 2.61. The first kappa shape index (κ1) is 12.6. The molecule has 98 valence electrons. The van der Waals surface area contributed by atoms with Gasteiger partial charge in [0.2, 0.25) is 0 Å².